The maximum atomic E-state index is 6.04. The van der Waals surface area contributed by atoms with Crippen molar-refractivity contribution >= 4 is 22.6 Å². The van der Waals surface area contributed by atoms with Crippen molar-refractivity contribution in [1.82, 2.24) is 5.32 Å². The highest BCUT2D eigenvalue weighted by atomic mass is 35.5. The van der Waals surface area contributed by atoms with Crippen LogP contribution in [0.2, 0.25) is 5.02 Å². The summed E-state index contributed by atoms with van der Waals surface area (Å²) in [4.78, 5) is 0. The molecule has 1 N–H and O–H groups in total. The van der Waals surface area contributed by atoms with E-state index in [0.29, 0.717) is 5.02 Å². The SMILES string of the molecule is CCCNCCc1coc2c(Cl)cccc12. The van der Waals surface area contributed by atoms with Crippen molar-refractivity contribution in [2.45, 2.75) is 19.8 Å². The van der Waals surface area contributed by atoms with Gasteiger partial charge in [0.05, 0.1) is 11.3 Å². The largest absolute Gasteiger partial charge is 0.462 e. The quantitative estimate of drug-likeness (QED) is 0.804. The molecule has 1 heterocycles. The second kappa shape index (κ2) is 5.37. The molecule has 0 spiro atoms. The van der Waals surface area contributed by atoms with Crippen molar-refractivity contribution in [2.75, 3.05) is 13.1 Å². The summed E-state index contributed by atoms with van der Waals surface area (Å²) in [6, 6.07) is 5.87. The van der Waals surface area contributed by atoms with E-state index in [4.69, 9.17) is 16.0 Å². The van der Waals surface area contributed by atoms with Gasteiger partial charge in [-0.3, -0.25) is 0 Å². The van der Waals surface area contributed by atoms with Crippen LogP contribution in [0.25, 0.3) is 11.0 Å². The molecule has 16 heavy (non-hydrogen) atoms. The summed E-state index contributed by atoms with van der Waals surface area (Å²) in [6.45, 7) is 4.21. The molecular formula is C13H16ClNO. The summed E-state index contributed by atoms with van der Waals surface area (Å²) >= 11 is 6.04. The van der Waals surface area contributed by atoms with E-state index in [-0.39, 0.29) is 0 Å². The van der Waals surface area contributed by atoms with Crippen molar-refractivity contribution in [2.24, 2.45) is 0 Å². The number of hydrogen-bond acceptors (Lipinski definition) is 2. The number of rotatable bonds is 5. The lowest BCUT2D eigenvalue weighted by atomic mass is 10.1. The minimum atomic E-state index is 0.685. The van der Waals surface area contributed by atoms with Crippen LogP contribution >= 0.6 is 11.6 Å². The van der Waals surface area contributed by atoms with E-state index in [0.717, 1.165) is 36.9 Å². The third-order valence-electron chi connectivity index (χ3n) is 2.63. The van der Waals surface area contributed by atoms with Crippen molar-refractivity contribution in [3.05, 3.63) is 35.0 Å². The predicted octanol–water partition coefficient (Wildman–Crippen LogP) is 3.63. The van der Waals surface area contributed by atoms with Crippen LogP contribution in [0.5, 0.6) is 0 Å². The molecule has 0 fully saturated rings. The van der Waals surface area contributed by atoms with Crippen LogP contribution in [0.4, 0.5) is 0 Å². The average molecular weight is 238 g/mol. The molecule has 2 rings (SSSR count). The maximum Gasteiger partial charge on any atom is 0.152 e. The topological polar surface area (TPSA) is 25.2 Å². The highest BCUT2D eigenvalue weighted by molar-refractivity contribution is 6.34. The van der Waals surface area contributed by atoms with E-state index in [1.165, 1.54) is 5.56 Å². The number of nitrogens with one attached hydrogen (secondary N) is 1. The Balaban J connectivity index is 2.10. The Morgan fingerprint density at radius 1 is 1.31 bits per heavy atom. The molecular weight excluding hydrogens is 222 g/mol. The summed E-state index contributed by atoms with van der Waals surface area (Å²) in [5.41, 5.74) is 2.02. The van der Waals surface area contributed by atoms with Crippen LogP contribution in [0, 0.1) is 0 Å². The number of para-hydroxylation sites is 1. The zero-order valence-electron chi connectivity index (χ0n) is 9.42. The fourth-order valence-electron chi connectivity index (χ4n) is 1.79. The van der Waals surface area contributed by atoms with Gasteiger partial charge in [-0.15, -0.1) is 0 Å². The predicted molar refractivity (Wildman–Crippen MR) is 68.1 cm³/mol. The standard InChI is InChI=1S/C13H16ClNO/c1-2-7-15-8-6-10-9-16-13-11(10)4-3-5-12(13)14/h3-5,9,15H,2,6-8H2,1H3. The Bertz CT molecular complexity index is 464. The average Bonchev–Trinajstić information content (AvgIpc) is 2.70. The van der Waals surface area contributed by atoms with Crippen LogP contribution in [-0.4, -0.2) is 13.1 Å². The maximum absolute atomic E-state index is 6.04. The summed E-state index contributed by atoms with van der Waals surface area (Å²) < 4.78 is 5.48. The van der Waals surface area contributed by atoms with E-state index in [1.807, 2.05) is 18.4 Å². The van der Waals surface area contributed by atoms with E-state index in [1.54, 1.807) is 0 Å². The first-order valence-corrected chi connectivity index (χ1v) is 6.06. The molecule has 0 atom stereocenters. The van der Waals surface area contributed by atoms with Gasteiger partial charge in [-0.25, -0.2) is 0 Å². The fraction of sp³-hybridized carbons (Fsp3) is 0.385. The van der Waals surface area contributed by atoms with Crippen LogP contribution in [-0.2, 0) is 6.42 Å². The van der Waals surface area contributed by atoms with E-state index < -0.39 is 0 Å². The monoisotopic (exact) mass is 237 g/mol. The summed E-state index contributed by atoms with van der Waals surface area (Å²) in [5.74, 6) is 0. The van der Waals surface area contributed by atoms with Crippen LogP contribution in [0.15, 0.2) is 28.9 Å². The molecule has 0 bridgehead atoms. The Morgan fingerprint density at radius 2 is 2.19 bits per heavy atom. The number of benzene rings is 1. The number of halogens is 1. The Morgan fingerprint density at radius 3 is 3.00 bits per heavy atom. The molecule has 0 unspecified atom stereocenters. The molecule has 0 saturated carbocycles. The molecule has 2 nitrogen and oxygen atoms in total. The highest BCUT2D eigenvalue weighted by Crippen LogP contribution is 2.27. The molecule has 0 amide bonds. The van der Waals surface area contributed by atoms with Gasteiger partial charge in [0.25, 0.3) is 0 Å². The Labute approximate surface area is 101 Å². The lowest BCUT2D eigenvalue weighted by Gasteiger charge is -2.01. The Hall–Kier alpha value is -0.990. The van der Waals surface area contributed by atoms with Gasteiger partial charge in [-0.2, -0.15) is 0 Å². The normalized spacial score (nSPS) is 11.1. The minimum absolute atomic E-state index is 0.685. The summed E-state index contributed by atoms with van der Waals surface area (Å²) in [7, 11) is 0. The smallest absolute Gasteiger partial charge is 0.152 e. The molecule has 2 aromatic rings. The molecule has 0 aliphatic heterocycles. The number of fused-ring (bicyclic) bond motifs is 1. The van der Waals surface area contributed by atoms with Crippen molar-refractivity contribution in [3.8, 4) is 0 Å². The fourth-order valence-corrected chi connectivity index (χ4v) is 2.01. The third kappa shape index (κ3) is 2.39. The second-order valence-corrected chi connectivity index (χ2v) is 4.28. The van der Waals surface area contributed by atoms with Crippen molar-refractivity contribution in [1.29, 1.82) is 0 Å². The van der Waals surface area contributed by atoms with Gasteiger partial charge >= 0.3 is 0 Å². The number of hydrogen-bond donors (Lipinski definition) is 1. The van der Waals surface area contributed by atoms with Crippen molar-refractivity contribution in [3.63, 3.8) is 0 Å². The molecule has 1 aromatic heterocycles. The van der Waals surface area contributed by atoms with Crippen LogP contribution in [0.3, 0.4) is 0 Å². The van der Waals surface area contributed by atoms with E-state index in [9.17, 15) is 0 Å². The van der Waals surface area contributed by atoms with Gasteiger partial charge in [0, 0.05) is 5.39 Å². The zero-order chi connectivity index (χ0) is 11.4. The lowest BCUT2D eigenvalue weighted by molar-refractivity contribution is 0.605. The molecule has 0 radical (unpaired) electrons. The van der Waals surface area contributed by atoms with Crippen molar-refractivity contribution < 1.29 is 4.42 Å². The highest BCUT2D eigenvalue weighted by Gasteiger charge is 2.07. The van der Waals surface area contributed by atoms with Gasteiger partial charge in [0.1, 0.15) is 0 Å². The summed E-state index contributed by atoms with van der Waals surface area (Å²) in [5, 5.41) is 5.19. The van der Waals surface area contributed by atoms with E-state index in [2.05, 4.69) is 18.3 Å². The first kappa shape index (κ1) is 11.5. The molecule has 0 aliphatic rings. The minimum Gasteiger partial charge on any atom is -0.462 e. The van der Waals surface area contributed by atoms with Gasteiger partial charge in [0.15, 0.2) is 5.58 Å². The Kier molecular flexibility index (Phi) is 3.86. The summed E-state index contributed by atoms with van der Waals surface area (Å²) in [6.07, 6.45) is 3.95. The molecule has 0 saturated heterocycles. The van der Waals surface area contributed by atoms with Gasteiger partial charge in [0.2, 0.25) is 0 Å². The molecule has 1 aromatic carbocycles. The molecule has 86 valence electrons. The first-order chi connectivity index (χ1) is 7.83. The molecule has 3 heteroatoms. The number of furan rings is 1. The van der Waals surface area contributed by atoms with Crippen LogP contribution < -0.4 is 5.32 Å². The third-order valence-corrected chi connectivity index (χ3v) is 2.93. The zero-order valence-corrected chi connectivity index (χ0v) is 10.2. The van der Waals surface area contributed by atoms with Gasteiger partial charge in [-0.1, -0.05) is 30.7 Å². The van der Waals surface area contributed by atoms with E-state index >= 15 is 0 Å². The second-order valence-electron chi connectivity index (χ2n) is 3.88. The van der Waals surface area contributed by atoms with Gasteiger partial charge in [-0.05, 0) is 37.6 Å². The first-order valence-electron chi connectivity index (χ1n) is 5.68. The lowest BCUT2D eigenvalue weighted by Crippen LogP contribution is -2.17. The van der Waals surface area contributed by atoms with Crippen LogP contribution in [0.1, 0.15) is 18.9 Å². The van der Waals surface area contributed by atoms with Gasteiger partial charge < -0.3 is 9.73 Å². The molecule has 0 aliphatic carbocycles.